The van der Waals surface area contributed by atoms with Gasteiger partial charge in [0.25, 0.3) is 0 Å². The van der Waals surface area contributed by atoms with E-state index in [-0.39, 0.29) is 4.48 Å². The number of hydrogen-bond acceptors (Lipinski definition) is 1. The highest BCUT2D eigenvalue weighted by atomic mass is 16.1. The van der Waals surface area contributed by atoms with E-state index in [1.54, 1.807) is 0 Å². The molecule has 2 aromatic rings. The minimum atomic E-state index is 0.158. The topological polar surface area (TPSA) is 17.1 Å². The lowest BCUT2D eigenvalue weighted by atomic mass is 10.1. The Morgan fingerprint density at radius 3 is 1.76 bits per heavy atom. The summed E-state index contributed by atoms with van der Waals surface area (Å²) in [5, 5.41) is 0. The van der Waals surface area contributed by atoms with Crippen LogP contribution in [0, 0.1) is 0 Å². The molecule has 1 amide bonds. The molecule has 1 radical (unpaired) electrons. The normalized spacial score (nSPS) is 11.3. The third kappa shape index (κ3) is 3.59. The van der Waals surface area contributed by atoms with Crippen LogP contribution in [0.1, 0.15) is 32.6 Å². The van der Waals surface area contributed by atoms with Crippen LogP contribution in [0.25, 0.3) is 0 Å². The number of unbranched alkanes of at least 4 members (excludes halogenated alkanes) is 3. The van der Waals surface area contributed by atoms with Crippen molar-refractivity contribution in [3.05, 3.63) is 60.7 Å². The van der Waals surface area contributed by atoms with Crippen molar-refractivity contribution < 1.29 is 4.79 Å². The van der Waals surface area contributed by atoms with Crippen LogP contribution in [-0.2, 0) is 4.79 Å². The van der Waals surface area contributed by atoms with Gasteiger partial charge in [-0.1, -0.05) is 56.2 Å². The predicted molar refractivity (Wildman–Crippen MR) is 89.0 cm³/mol. The Labute approximate surface area is 127 Å². The fourth-order valence-electron chi connectivity index (χ4n) is 2.70. The van der Waals surface area contributed by atoms with Gasteiger partial charge >= 0.3 is 6.41 Å². The van der Waals surface area contributed by atoms with Crippen molar-refractivity contribution in [2.75, 3.05) is 6.54 Å². The summed E-state index contributed by atoms with van der Waals surface area (Å²) in [7, 11) is 0. The number of hydrogen-bond donors (Lipinski definition) is 0. The van der Waals surface area contributed by atoms with E-state index in [4.69, 9.17) is 0 Å². The lowest BCUT2D eigenvalue weighted by Gasteiger charge is -2.29. The number of carbonyl (C=O) groups excluding carboxylic acids is 1. The second kappa shape index (κ2) is 7.75. The third-order valence-electron chi connectivity index (χ3n) is 3.90. The lowest BCUT2D eigenvalue weighted by molar-refractivity contribution is 0.446. The van der Waals surface area contributed by atoms with Gasteiger partial charge in [-0.15, -0.1) is 0 Å². The second-order valence-corrected chi connectivity index (χ2v) is 5.36. The highest BCUT2D eigenvalue weighted by Crippen LogP contribution is 2.33. The van der Waals surface area contributed by atoms with Crippen LogP contribution in [0.4, 0.5) is 11.4 Å². The van der Waals surface area contributed by atoms with Crippen LogP contribution in [0.15, 0.2) is 60.7 Å². The number of para-hydroxylation sites is 2. The molecular formula is C19H23NO+. The zero-order valence-corrected chi connectivity index (χ0v) is 12.7. The molecule has 0 atom stereocenters. The average molecular weight is 281 g/mol. The highest BCUT2D eigenvalue weighted by Gasteiger charge is 2.34. The average Bonchev–Trinajstić information content (AvgIpc) is 2.57. The molecule has 0 aliphatic rings. The van der Waals surface area contributed by atoms with E-state index >= 15 is 0 Å². The molecule has 0 N–H and O–H groups in total. The second-order valence-electron chi connectivity index (χ2n) is 5.36. The third-order valence-corrected chi connectivity index (χ3v) is 3.90. The highest BCUT2D eigenvalue weighted by molar-refractivity contribution is 5.80. The summed E-state index contributed by atoms with van der Waals surface area (Å²) < 4.78 is 0.158. The van der Waals surface area contributed by atoms with Gasteiger partial charge in [0, 0.05) is 24.3 Å². The molecular weight excluding hydrogens is 258 g/mol. The minimum Gasteiger partial charge on any atom is -0.214 e. The maximum absolute atomic E-state index is 11.9. The van der Waals surface area contributed by atoms with E-state index in [2.05, 4.69) is 13.3 Å². The van der Waals surface area contributed by atoms with Gasteiger partial charge in [-0.05, 0) is 12.8 Å². The van der Waals surface area contributed by atoms with Gasteiger partial charge in [0.1, 0.15) is 11.4 Å². The Morgan fingerprint density at radius 1 is 0.810 bits per heavy atom. The summed E-state index contributed by atoms with van der Waals surface area (Å²) in [6.45, 7) is 2.96. The number of amides is 1. The van der Waals surface area contributed by atoms with Gasteiger partial charge in [0.05, 0.1) is 6.54 Å². The molecule has 0 saturated carbocycles. The van der Waals surface area contributed by atoms with E-state index < -0.39 is 0 Å². The SMILES string of the molecule is CCCCCC[N+]([C]=O)(c1ccccc1)c1ccccc1. The van der Waals surface area contributed by atoms with E-state index in [1.165, 1.54) is 12.8 Å². The molecule has 2 aromatic carbocycles. The molecule has 0 aliphatic heterocycles. The molecule has 0 heterocycles. The van der Waals surface area contributed by atoms with Gasteiger partial charge in [-0.3, -0.25) is 0 Å². The number of nitrogens with zero attached hydrogens (tertiary/aromatic N) is 1. The van der Waals surface area contributed by atoms with Crippen LogP contribution < -0.4 is 4.48 Å². The summed E-state index contributed by atoms with van der Waals surface area (Å²) in [6.07, 6.45) is 6.89. The quantitative estimate of drug-likeness (QED) is 0.493. The molecule has 2 heteroatoms. The van der Waals surface area contributed by atoms with Crippen molar-refractivity contribution in [1.82, 2.24) is 4.48 Å². The van der Waals surface area contributed by atoms with Crippen LogP contribution in [0.5, 0.6) is 0 Å². The van der Waals surface area contributed by atoms with Crippen LogP contribution >= 0.6 is 0 Å². The lowest BCUT2D eigenvalue weighted by Crippen LogP contribution is -2.43. The van der Waals surface area contributed by atoms with E-state index in [9.17, 15) is 4.79 Å². The van der Waals surface area contributed by atoms with Crippen molar-refractivity contribution in [3.63, 3.8) is 0 Å². The maximum atomic E-state index is 11.9. The number of quaternary nitrogens is 1. The summed E-state index contributed by atoms with van der Waals surface area (Å²) in [4.78, 5) is 11.9. The Balaban J connectivity index is 2.35. The predicted octanol–water partition coefficient (Wildman–Crippen LogP) is 4.97. The first kappa shape index (κ1) is 15.5. The molecule has 0 bridgehead atoms. The summed E-state index contributed by atoms with van der Waals surface area (Å²) in [5.74, 6) is 0. The molecule has 0 aromatic heterocycles. The Morgan fingerprint density at radius 2 is 1.33 bits per heavy atom. The van der Waals surface area contributed by atoms with Crippen molar-refractivity contribution in [3.8, 4) is 0 Å². The van der Waals surface area contributed by atoms with E-state index in [1.807, 2.05) is 60.7 Å². The molecule has 0 spiro atoms. The van der Waals surface area contributed by atoms with Crippen molar-refractivity contribution in [2.45, 2.75) is 32.6 Å². The van der Waals surface area contributed by atoms with E-state index in [0.29, 0.717) is 0 Å². The maximum Gasteiger partial charge on any atom is 0.453 e. The number of benzene rings is 2. The molecule has 0 saturated heterocycles. The molecule has 2 rings (SSSR count). The fourth-order valence-corrected chi connectivity index (χ4v) is 2.70. The zero-order chi connectivity index (χ0) is 15.0. The largest absolute Gasteiger partial charge is 0.453 e. The van der Waals surface area contributed by atoms with Crippen LogP contribution in [0.2, 0.25) is 0 Å². The van der Waals surface area contributed by atoms with Gasteiger partial charge in [0.15, 0.2) is 0 Å². The molecule has 21 heavy (non-hydrogen) atoms. The summed E-state index contributed by atoms with van der Waals surface area (Å²) >= 11 is 0. The first-order chi connectivity index (χ1) is 10.3. The smallest absolute Gasteiger partial charge is 0.214 e. The first-order valence-electron chi connectivity index (χ1n) is 7.72. The summed E-state index contributed by atoms with van der Waals surface area (Å²) in [5.41, 5.74) is 1.96. The van der Waals surface area contributed by atoms with E-state index in [0.717, 1.165) is 30.8 Å². The van der Waals surface area contributed by atoms with Gasteiger partial charge in [0.2, 0.25) is 0 Å². The molecule has 0 fully saturated rings. The van der Waals surface area contributed by atoms with Gasteiger partial charge in [-0.2, -0.15) is 4.48 Å². The minimum absolute atomic E-state index is 0.158. The molecule has 0 aliphatic carbocycles. The van der Waals surface area contributed by atoms with Crippen molar-refractivity contribution >= 4 is 17.8 Å². The fraction of sp³-hybridized carbons (Fsp3) is 0.316. The van der Waals surface area contributed by atoms with Crippen LogP contribution in [-0.4, -0.2) is 13.0 Å². The van der Waals surface area contributed by atoms with Gasteiger partial charge < -0.3 is 0 Å². The monoisotopic (exact) mass is 281 g/mol. The van der Waals surface area contributed by atoms with Crippen LogP contribution in [0.3, 0.4) is 0 Å². The standard InChI is InChI=1S/C19H23NO/c1-2-3-4-11-16-20(17-21,18-12-7-5-8-13-18)19-14-9-6-10-15-19/h5-10,12-15H,2-4,11,16H2,1H3/q+1. The molecule has 2 nitrogen and oxygen atoms in total. The van der Waals surface area contributed by atoms with Crippen molar-refractivity contribution in [2.24, 2.45) is 0 Å². The number of rotatable bonds is 8. The molecule has 0 unspecified atom stereocenters. The Kier molecular flexibility index (Phi) is 5.70. The van der Waals surface area contributed by atoms with Crippen molar-refractivity contribution in [1.29, 1.82) is 0 Å². The first-order valence-corrected chi connectivity index (χ1v) is 7.72. The zero-order valence-electron chi connectivity index (χ0n) is 12.7. The Bertz CT molecular complexity index is 497. The Hall–Kier alpha value is -1.93. The molecule has 109 valence electrons. The van der Waals surface area contributed by atoms with Gasteiger partial charge in [-0.25, -0.2) is 4.79 Å². The summed E-state index contributed by atoms with van der Waals surface area (Å²) in [6, 6.07) is 19.9.